The highest BCUT2D eigenvalue weighted by Gasteiger charge is 2.38. The zero-order valence-electron chi connectivity index (χ0n) is 25.4. The summed E-state index contributed by atoms with van der Waals surface area (Å²) in [5, 5.41) is 103. The summed E-state index contributed by atoms with van der Waals surface area (Å²) in [6, 6.07) is 3.53. The molecule has 2 aliphatic rings. The number of nitrogens with one attached hydrogen (secondary N) is 1. The van der Waals surface area contributed by atoms with E-state index in [1.54, 1.807) is 12.1 Å². The Bertz CT molecular complexity index is 1530. The van der Waals surface area contributed by atoms with Gasteiger partial charge in [0.15, 0.2) is 17.3 Å². The van der Waals surface area contributed by atoms with E-state index in [9.17, 15) is 50.1 Å². The van der Waals surface area contributed by atoms with E-state index >= 15 is 0 Å². The van der Waals surface area contributed by atoms with Gasteiger partial charge in [0, 0.05) is 12.5 Å². The molecule has 1 aromatic carbocycles. The quantitative estimate of drug-likeness (QED) is 0.0719. The Morgan fingerprint density at radius 1 is 0.826 bits per heavy atom. The number of Topliss-reactive ketones (excluding diaryl/α,β-unsaturated/α-hetero) is 1. The zero-order chi connectivity index (χ0) is 35.0. The Labute approximate surface area is 261 Å². The lowest BCUT2D eigenvalue weighted by Gasteiger charge is -2.28. The predicted octanol–water partition coefficient (Wildman–Crippen LogP) is -5.35. The van der Waals surface area contributed by atoms with Crippen LogP contribution in [0, 0.1) is 19.8 Å². The molecule has 0 spiro atoms. The van der Waals surface area contributed by atoms with Gasteiger partial charge in [-0.2, -0.15) is 4.98 Å². The Balaban J connectivity index is 0.000000344. The monoisotopic (exact) mass is 658 g/mol. The topological polar surface area (TPSA) is 320 Å². The lowest BCUT2D eigenvalue weighted by atomic mass is 9.88. The minimum Gasteiger partial charge on any atom is -0.396 e. The summed E-state index contributed by atoms with van der Waals surface area (Å²) in [4.78, 5) is 45.8. The fourth-order valence-corrected chi connectivity index (χ4v) is 4.56. The molecule has 9 atom stereocenters. The number of hydrogen-bond donors (Lipinski definition) is 12. The Morgan fingerprint density at radius 3 is 1.93 bits per heavy atom. The van der Waals surface area contributed by atoms with Crippen LogP contribution in [0.4, 0.5) is 0 Å². The van der Waals surface area contributed by atoms with E-state index in [0.29, 0.717) is 11.0 Å². The summed E-state index contributed by atoms with van der Waals surface area (Å²) >= 11 is 0. The van der Waals surface area contributed by atoms with Crippen molar-refractivity contribution in [3.05, 3.63) is 44.1 Å². The second-order valence-electron chi connectivity index (χ2n) is 10.9. The average molecular weight is 659 g/mol. The molecular weight excluding hydrogens is 616 g/mol. The molecule has 0 aromatic heterocycles. The van der Waals surface area contributed by atoms with Crippen molar-refractivity contribution in [2.24, 2.45) is 5.92 Å². The lowest BCUT2D eigenvalue weighted by molar-refractivity contribution is -0.153. The Morgan fingerprint density at radius 2 is 1.39 bits per heavy atom. The number of aryl methyl sites for hydroxylation is 2. The standard InChI is InChI=1S/C17H20N4O6.C11H22O8/c1-7-3-9-10(4-8(7)2)21(5-11(23)14(25)12(24)6-22)15-13(18-9)16(26)20-17(27)19-15;1-5(14)6(2-3-12)8(16)10(18)11(19)9(17)7(15)4-13/h3-4,11-12,14,22-25H,5-6H2,1-2H3,(H,20,26,27);5-7,9-15,17-19H,2-4H2,1H3/t11-,12+,14-;5?,6?,7-,9-,10+,11+/m01/s1. The molecule has 0 aliphatic carbocycles. The zero-order valence-corrected chi connectivity index (χ0v) is 25.4. The van der Waals surface area contributed by atoms with Crippen LogP contribution in [0.1, 0.15) is 24.5 Å². The number of aromatic nitrogens is 4. The molecule has 2 aliphatic heterocycles. The van der Waals surface area contributed by atoms with Crippen molar-refractivity contribution in [1.82, 2.24) is 19.5 Å². The molecule has 0 saturated heterocycles. The minimum absolute atomic E-state index is 0.0516. The van der Waals surface area contributed by atoms with Gasteiger partial charge in [0.2, 0.25) is 0 Å². The van der Waals surface area contributed by atoms with Crippen LogP contribution < -0.4 is 11.2 Å². The van der Waals surface area contributed by atoms with Gasteiger partial charge in [0.05, 0.1) is 36.9 Å². The van der Waals surface area contributed by atoms with Crippen LogP contribution >= 0.6 is 0 Å². The van der Waals surface area contributed by atoms with Crippen molar-refractivity contribution in [2.75, 3.05) is 19.8 Å². The third-order valence-corrected chi connectivity index (χ3v) is 7.50. The number of ketones is 1. The first-order valence-electron chi connectivity index (χ1n) is 14.2. The molecule has 0 saturated carbocycles. The molecule has 0 fully saturated rings. The van der Waals surface area contributed by atoms with Crippen molar-refractivity contribution in [2.45, 2.75) is 82.6 Å². The van der Waals surface area contributed by atoms with Crippen molar-refractivity contribution in [3.63, 3.8) is 0 Å². The van der Waals surface area contributed by atoms with Crippen LogP contribution in [0.2, 0.25) is 0 Å². The van der Waals surface area contributed by atoms with E-state index in [2.05, 4.69) is 15.0 Å². The minimum atomic E-state index is -2.04. The first kappa shape index (κ1) is 38.9. The molecule has 0 radical (unpaired) electrons. The van der Waals surface area contributed by atoms with Gasteiger partial charge >= 0.3 is 5.69 Å². The molecule has 46 heavy (non-hydrogen) atoms. The van der Waals surface area contributed by atoms with E-state index in [0.717, 1.165) is 11.1 Å². The number of hydrogen-bond acceptors (Lipinski definition) is 16. The molecule has 18 nitrogen and oxygen atoms in total. The maximum Gasteiger partial charge on any atom is 0.349 e. The normalized spacial score (nSPS) is 17.7. The number of nitrogens with zero attached hydrogens (tertiary/aromatic N) is 3. The molecule has 12 N–H and O–H groups in total. The summed E-state index contributed by atoms with van der Waals surface area (Å²) < 4.78 is 1.40. The number of H-pyrrole nitrogens is 1. The Kier molecular flexibility index (Phi) is 14.4. The van der Waals surface area contributed by atoms with Gasteiger partial charge in [-0.25, -0.2) is 9.78 Å². The SMILES string of the molecule is CC(O)C(CCO)C(=O)[C@H](O)[C@@H](O)[C@H](O)[C@H](O)CO.Cc1cc2nc3c(=O)[nH]c(=O)nc-3n(C[C@H](O)[C@H](O)[C@H](O)CO)c2cc1C. The number of aliphatic hydroxyl groups excluding tert-OH is 11. The molecule has 18 heteroatoms. The van der Waals surface area contributed by atoms with E-state index in [1.165, 1.54) is 11.5 Å². The van der Waals surface area contributed by atoms with E-state index in [1.807, 2.05) is 13.8 Å². The molecule has 2 unspecified atom stereocenters. The maximum atomic E-state index is 12.2. The van der Waals surface area contributed by atoms with Crippen LogP contribution in [-0.2, 0) is 11.3 Å². The van der Waals surface area contributed by atoms with E-state index in [-0.39, 0.29) is 24.5 Å². The highest BCUT2D eigenvalue weighted by atomic mass is 16.4. The fourth-order valence-electron chi connectivity index (χ4n) is 4.56. The molecule has 258 valence electrons. The highest BCUT2D eigenvalue weighted by molar-refractivity contribution is 5.86. The van der Waals surface area contributed by atoms with Gasteiger partial charge in [0.1, 0.15) is 42.7 Å². The van der Waals surface area contributed by atoms with Gasteiger partial charge in [-0.1, -0.05) is 0 Å². The first-order valence-corrected chi connectivity index (χ1v) is 14.2. The number of benzene rings is 1. The molecule has 3 rings (SSSR count). The van der Waals surface area contributed by atoms with Crippen molar-refractivity contribution in [3.8, 4) is 11.5 Å². The molecule has 0 bridgehead atoms. The summed E-state index contributed by atoms with van der Waals surface area (Å²) in [5.41, 5.74) is 1.11. The smallest absolute Gasteiger partial charge is 0.349 e. The summed E-state index contributed by atoms with van der Waals surface area (Å²) in [5.74, 6) is -2.11. The van der Waals surface area contributed by atoms with Gasteiger partial charge in [-0.05, 0) is 50.5 Å². The number of carbonyl (C=O) groups is 1. The van der Waals surface area contributed by atoms with Crippen LogP contribution in [0.5, 0.6) is 0 Å². The van der Waals surface area contributed by atoms with Crippen molar-refractivity contribution in [1.29, 1.82) is 0 Å². The van der Waals surface area contributed by atoms with Gasteiger partial charge in [-0.15, -0.1) is 0 Å². The van der Waals surface area contributed by atoms with Gasteiger partial charge in [-0.3, -0.25) is 14.6 Å². The lowest BCUT2D eigenvalue weighted by Crippen LogP contribution is -2.51. The molecule has 2 heterocycles. The summed E-state index contributed by atoms with van der Waals surface area (Å²) in [6.45, 7) is 2.77. The predicted molar refractivity (Wildman–Crippen MR) is 159 cm³/mol. The number of aliphatic hydroxyl groups is 11. The number of carbonyl (C=O) groups excluding carboxylic acids is 1. The third-order valence-electron chi connectivity index (χ3n) is 7.50. The number of rotatable bonds is 14. The molecule has 1 aromatic rings. The fraction of sp³-hybridized carbons (Fsp3) is 0.607. The van der Waals surface area contributed by atoms with Crippen molar-refractivity contribution >= 4 is 16.8 Å². The van der Waals surface area contributed by atoms with Crippen LogP contribution in [0.15, 0.2) is 21.7 Å². The molecule has 0 amide bonds. The van der Waals surface area contributed by atoms with Gasteiger partial charge < -0.3 is 60.7 Å². The van der Waals surface area contributed by atoms with E-state index in [4.69, 9.17) is 20.4 Å². The largest absolute Gasteiger partial charge is 0.396 e. The first-order chi connectivity index (χ1) is 21.5. The number of fused-ring (bicyclic) bond motifs is 2. The second-order valence-corrected chi connectivity index (χ2v) is 10.9. The van der Waals surface area contributed by atoms with E-state index < -0.39 is 91.6 Å². The van der Waals surface area contributed by atoms with Crippen molar-refractivity contribution < 1.29 is 61.0 Å². The Hall–Kier alpha value is -3.27. The van der Waals surface area contributed by atoms with Crippen LogP contribution in [0.25, 0.3) is 22.6 Å². The second kappa shape index (κ2) is 17.0. The molecular formula is C28H42N4O14. The maximum absolute atomic E-state index is 12.2. The highest BCUT2D eigenvalue weighted by Crippen LogP contribution is 2.24. The summed E-state index contributed by atoms with van der Waals surface area (Å²) in [7, 11) is 0. The van der Waals surface area contributed by atoms with Crippen LogP contribution in [0.3, 0.4) is 0 Å². The number of aromatic amines is 1. The third kappa shape index (κ3) is 9.17. The van der Waals surface area contributed by atoms with Crippen LogP contribution in [-0.4, -0.2) is 150 Å². The summed E-state index contributed by atoms with van der Waals surface area (Å²) in [6.07, 6.45) is -13.6. The average Bonchev–Trinajstić information content (AvgIpc) is 3.02. The van der Waals surface area contributed by atoms with Gasteiger partial charge in [0.25, 0.3) is 5.56 Å².